The summed E-state index contributed by atoms with van der Waals surface area (Å²) in [7, 11) is 0. The summed E-state index contributed by atoms with van der Waals surface area (Å²) in [6.07, 6.45) is -2.00. The van der Waals surface area contributed by atoms with Crippen molar-refractivity contribution in [3.63, 3.8) is 0 Å². The quantitative estimate of drug-likeness (QED) is 0.180. The minimum atomic E-state index is -1.24. The number of aromatic nitrogens is 4. The Kier molecular flexibility index (Phi) is 9.05. The first-order chi connectivity index (χ1) is 22.7. The van der Waals surface area contributed by atoms with Crippen molar-refractivity contribution in [1.29, 1.82) is 0 Å². The Balaban J connectivity index is 1.38. The fourth-order valence-electron chi connectivity index (χ4n) is 5.23. The van der Waals surface area contributed by atoms with Crippen LogP contribution >= 0.6 is 0 Å². The van der Waals surface area contributed by atoms with Crippen LogP contribution in [0.25, 0.3) is 11.2 Å². The number of nitrogens with zero attached hydrogens (tertiary/aromatic N) is 4. The molecule has 47 heavy (non-hydrogen) atoms. The molecule has 3 heterocycles. The van der Waals surface area contributed by atoms with Gasteiger partial charge in [0.1, 0.15) is 24.6 Å². The molecule has 1 aliphatic heterocycles. The van der Waals surface area contributed by atoms with Crippen molar-refractivity contribution in [1.82, 2.24) is 19.5 Å². The topological polar surface area (TPSA) is 152 Å². The van der Waals surface area contributed by atoms with Gasteiger partial charge in [-0.3, -0.25) is 4.57 Å². The summed E-state index contributed by atoms with van der Waals surface area (Å²) in [5.41, 5.74) is 4.63. The highest BCUT2D eigenvalue weighted by Gasteiger charge is 2.52. The Labute approximate surface area is 269 Å². The molecule has 1 saturated heterocycles. The van der Waals surface area contributed by atoms with Gasteiger partial charge in [0.15, 0.2) is 24.1 Å². The number of ether oxygens (including phenoxy) is 4. The molecule has 240 valence electrons. The van der Waals surface area contributed by atoms with Crippen LogP contribution in [0, 0.1) is 20.8 Å². The smallest absolute Gasteiger partial charge is 0.338 e. The van der Waals surface area contributed by atoms with Crippen LogP contribution in [0.5, 0.6) is 0 Å². The summed E-state index contributed by atoms with van der Waals surface area (Å²) in [6, 6.07) is 20.5. The van der Waals surface area contributed by atoms with Crippen LogP contribution in [0.1, 0.15) is 59.7 Å². The third-order valence-corrected chi connectivity index (χ3v) is 7.87. The molecule has 0 radical (unpaired) electrons. The van der Waals surface area contributed by atoms with Crippen molar-refractivity contribution < 1.29 is 38.4 Å². The van der Waals surface area contributed by atoms with Crippen molar-refractivity contribution >= 4 is 29.1 Å². The van der Waals surface area contributed by atoms with Gasteiger partial charge in [-0.25, -0.2) is 29.3 Å². The lowest BCUT2D eigenvalue weighted by Crippen LogP contribution is -2.41. The van der Waals surface area contributed by atoms with E-state index in [0.29, 0.717) is 11.1 Å². The first kappa shape index (κ1) is 31.5. The number of carbonyl (C=O) groups excluding carboxylic acids is 3. The number of benzene rings is 3. The molecule has 3 aromatic carbocycles. The SMILES string of the molecule is Cc1ccc(C(=O)OC[C@H]2O[C@@H](n3cnc4c(CO)ncnc43)[C@H](OC(=O)c3ccc(C)cc3)[C@@H]2OC(=O)c2ccc(C)cc2)cc1. The van der Waals surface area contributed by atoms with Gasteiger partial charge < -0.3 is 24.1 Å². The van der Waals surface area contributed by atoms with E-state index in [4.69, 9.17) is 18.9 Å². The molecule has 0 unspecified atom stereocenters. The van der Waals surface area contributed by atoms with Gasteiger partial charge in [-0.1, -0.05) is 53.1 Å². The molecule has 4 atom stereocenters. The highest BCUT2D eigenvalue weighted by molar-refractivity contribution is 5.91. The molecule has 0 aliphatic carbocycles. The van der Waals surface area contributed by atoms with Gasteiger partial charge in [-0.05, 0) is 57.2 Å². The van der Waals surface area contributed by atoms with E-state index in [0.717, 1.165) is 16.7 Å². The molecule has 0 saturated carbocycles. The van der Waals surface area contributed by atoms with Crippen molar-refractivity contribution in [3.05, 3.63) is 125 Å². The van der Waals surface area contributed by atoms with E-state index < -0.39 is 42.4 Å². The molecule has 12 heteroatoms. The molecule has 1 N–H and O–H groups in total. The summed E-state index contributed by atoms with van der Waals surface area (Å²) >= 11 is 0. The van der Waals surface area contributed by atoms with Crippen LogP contribution in [0.3, 0.4) is 0 Å². The Hall–Kier alpha value is -5.46. The number of aliphatic hydroxyl groups is 1. The summed E-state index contributed by atoms with van der Waals surface area (Å²) in [5.74, 6) is -1.99. The van der Waals surface area contributed by atoms with Gasteiger partial charge in [-0.2, -0.15) is 0 Å². The zero-order valence-corrected chi connectivity index (χ0v) is 25.9. The number of fused-ring (bicyclic) bond motifs is 1. The summed E-state index contributed by atoms with van der Waals surface area (Å²) in [6.45, 7) is 4.97. The minimum absolute atomic E-state index is 0.270. The van der Waals surface area contributed by atoms with Gasteiger partial charge in [0.25, 0.3) is 0 Å². The molecule has 5 aromatic rings. The molecular weight excluding hydrogens is 604 g/mol. The predicted molar refractivity (Wildman–Crippen MR) is 167 cm³/mol. The average molecular weight is 637 g/mol. The van der Waals surface area contributed by atoms with E-state index in [9.17, 15) is 19.5 Å². The van der Waals surface area contributed by atoms with E-state index in [2.05, 4.69) is 15.0 Å². The lowest BCUT2D eigenvalue weighted by atomic mass is 10.1. The standard InChI is InChI=1S/C35H32N4O8/c1-20-4-10-23(11-5-20)33(41)44-17-27-29(46-34(42)24-12-6-21(2)7-13-24)30(47-35(43)25-14-8-22(3)9-15-25)32(45-27)39-19-38-28-26(16-40)36-18-37-31(28)39/h4-15,18-19,27,29-30,32,40H,16-17H2,1-3H3/t27-,29-,30-,32-/m1/s1. The maximum absolute atomic E-state index is 13.5. The number of imidazole rings is 1. The number of aliphatic hydroxyl groups excluding tert-OH is 1. The Morgan fingerprint density at radius 3 is 1.77 bits per heavy atom. The zero-order chi connectivity index (χ0) is 33.1. The van der Waals surface area contributed by atoms with Crippen LogP contribution in [0.2, 0.25) is 0 Å². The molecule has 0 spiro atoms. The Morgan fingerprint density at radius 1 is 0.723 bits per heavy atom. The predicted octanol–water partition coefficient (Wildman–Crippen LogP) is 4.45. The molecule has 6 rings (SSSR count). The van der Waals surface area contributed by atoms with Crippen molar-refractivity contribution in [3.8, 4) is 0 Å². The third-order valence-electron chi connectivity index (χ3n) is 7.87. The van der Waals surface area contributed by atoms with Crippen LogP contribution in [-0.2, 0) is 25.6 Å². The minimum Gasteiger partial charge on any atom is -0.459 e. The van der Waals surface area contributed by atoms with Crippen molar-refractivity contribution in [2.75, 3.05) is 6.61 Å². The second-order valence-electron chi connectivity index (χ2n) is 11.3. The molecule has 0 amide bonds. The second-order valence-corrected chi connectivity index (χ2v) is 11.3. The molecule has 1 aliphatic rings. The highest BCUT2D eigenvalue weighted by Crippen LogP contribution is 2.37. The molecule has 0 bridgehead atoms. The Morgan fingerprint density at radius 2 is 1.23 bits per heavy atom. The van der Waals surface area contributed by atoms with Gasteiger partial charge in [0.2, 0.25) is 0 Å². The number of carbonyl (C=O) groups is 3. The number of esters is 3. The number of rotatable bonds is 9. The fourth-order valence-corrected chi connectivity index (χ4v) is 5.23. The largest absolute Gasteiger partial charge is 0.459 e. The molecule has 12 nitrogen and oxygen atoms in total. The van der Waals surface area contributed by atoms with Crippen molar-refractivity contribution in [2.24, 2.45) is 0 Å². The summed E-state index contributed by atoms with van der Waals surface area (Å²) in [4.78, 5) is 52.8. The first-order valence-electron chi connectivity index (χ1n) is 14.9. The van der Waals surface area contributed by atoms with Gasteiger partial charge >= 0.3 is 17.9 Å². The Bertz CT molecular complexity index is 1910. The normalized spacial score (nSPS) is 19.0. The number of aryl methyl sites for hydroxylation is 3. The van der Waals surface area contributed by atoms with Crippen LogP contribution in [0.15, 0.2) is 85.5 Å². The zero-order valence-electron chi connectivity index (χ0n) is 25.9. The van der Waals surface area contributed by atoms with Crippen LogP contribution in [-0.4, -0.2) is 67.5 Å². The van der Waals surface area contributed by atoms with Gasteiger partial charge in [0.05, 0.1) is 35.3 Å². The van der Waals surface area contributed by atoms with E-state index in [1.54, 1.807) is 72.8 Å². The van der Waals surface area contributed by atoms with Crippen molar-refractivity contribution in [2.45, 2.75) is 51.9 Å². The molecule has 1 fully saturated rings. The van der Waals surface area contributed by atoms with Crippen LogP contribution in [0.4, 0.5) is 0 Å². The monoisotopic (exact) mass is 636 g/mol. The summed E-state index contributed by atoms with van der Waals surface area (Å²) < 4.78 is 25.6. The molecular formula is C35H32N4O8. The highest BCUT2D eigenvalue weighted by atomic mass is 16.7. The van der Waals surface area contributed by atoms with E-state index in [1.165, 1.54) is 17.2 Å². The van der Waals surface area contributed by atoms with E-state index in [-0.39, 0.29) is 35.7 Å². The van der Waals surface area contributed by atoms with Gasteiger partial charge in [0, 0.05) is 0 Å². The third kappa shape index (κ3) is 6.74. The van der Waals surface area contributed by atoms with E-state index in [1.807, 2.05) is 20.8 Å². The fraction of sp³-hybridized carbons (Fsp3) is 0.257. The lowest BCUT2D eigenvalue weighted by molar-refractivity contribution is -0.0606. The maximum Gasteiger partial charge on any atom is 0.338 e. The first-order valence-corrected chi connectivity index (χ1v) is 14.9. The van der Waals surface area contributed by atoms with E-state index >= 15 is 0 Å². The maximum atomic E-state index is 13.5. The van der Waals surface area contributed by atoms with Crippen LogP contribution < -0.4 is 0 Å². The number of hydrogen-bond donors (Lipinski definition) is 1. The lowest BCUT2D eigenvalue weighted by Gasteiger charge is -2.25. The average Bonchev–Trinajstić information content (AvgIpc) is 3.65. The number of hydrogen-bond acceptors (Lipinski definition) is 11. The summed E-state index contributed by atoms with van der Waals surface area (Å²) in [5, 5.41) is 9.82. The second kappa shape index (κ2) is 13.5. The molecule has 2 aromatic heterocycles. The van der Waals surface area contributed by atoms with Gasteiger partial charge in [-0.15, -0.1) is 0 Å².